The molecule has 0 saturated carbocycles. The van der Waals surface area contributed by atoms with Gasteiger partial charge >= 0.3 is 0 Å². The van der Waals surface area contributed by atoms with Gasteiger partial charge in [-0.05, 0) is 31.0 Å². The van der Waals surface area contributed by atoms with E-state index in [1.807, 2.05) is 38.1 Å². The minimum atomic E-state index is -0.802. The number of carbonyl (C=O) groups is 1. The zero-order chi connectivity index (χ0) is 14.3. The third kappa shape index (κ3) is 4.63. The van der Waals surface area contributed by atoms with Crippen LogP contribution in [-0.4, -0.2) is 41.4 Å². The fourth-order valence-corrected chi connectivity index (χ4v) is 1.71. The smallest absolute Gasteiger partial charge is 0.238 e. The van der Waals surface area contributed by atoms with Crippen LogP contribution in [0.5, 0.6) is 0 Å². The van der Waals surface area contributed by atoms with Crippen molar-refractivity contribution in [2.24, 2.45) is 0 Å². The fraction of sp³-hybridized carbons (Fsp3) is 0.500. The average molecular weight is 266 g/mol. The van der Waals surface area contributed by atoms with E-state index in [0.717, 1.165) is 11.3 Å². The summed E-state index contributed by atoms with van der Waals surface area (Å²) in [6.07, 6.45) is 0.539. The molecule has 0 aliphatic rings. The summed E-state index contributed by atoms with van der Waals surface area (Å²) in [7, 11) is 0. The van der Waals surface area contributed by atoms with Gasteiger partial charge in [-0.25, -0.2) is 0 Å². The maximum Gasteiger partial charge on any atom is 0.238 e. The highest BCUT2D eigenvalue weighted by Gasteiger charge is 2.26. The van der Waals surface area contributed by atoms with Gasteiger partial charge in [0.25, 0.3) is 0 Å². The molecule has 5 heteroatoms. The van der Waals surface area contributed by atoms with Crippen molar-refractivity contribution in [1.29, 1.82) is 0 Å². The van der Waals surface area contributed by atoms with E-state index in [2.05, 4.69) is 10.6 Å². The molecule has 1 rings (SSSR count). The first-order valence-corrected chi connectivity index (χ1v) is 6.38. The number of aryl methyl sites for hydroxylation is 1. The van der Waals surface area contributed by atoms with Gasteiger partial charge in [-0.15, -0.1) is 0 Å². The van der Waals surface area contributed by atoms with Crippen molar-refractivity contribution in [3.05, 3.63) is 29.8 Å². The molecule has 0 atom stereocenters. The fourth-order valence-electron chi connectivity index (χ4n) is 1.71. The van der Waals surface area contributed by atoms with Crippen LogP contribution in [0.1, 0.15) is 18.9 Å². The Morgan fingerprint density at radius 3 is 2.53 bits per heavy atom. The van der Waals surface area contributed by atoms with E-state index in [4.69, 9.17) is 0 Å². The quantitative estimate of drug-likeness (QED) is 0.584. The van der Waals surface area contributed by atoms with Crippen LogP contribution in [0, 0.1) is 6.92 Å². The highest BCUT2D eigenvalue weighted by atomic mass is 16.3. The summed E-state index contributed by atoms with van der Waals surface area (Å²) in [5.41, 5.74) is 1.01. The maximum atomic E-state index is 11.8. The summed E-state index contributed by atoms with van der Waals surface area (Å²) in [5, 5.41) is 24.2. The Kier molecular flexibility index (Phi) is 5.95. The van der Waals surface area contributed by atoms with Crippen molar-refractivity contribution < 1.29 is 15.0 Å². The van der Waals surface area contributed by atoms with Crippen LogP contribution in [0.25, 0.3) is 0 Å². The van der Waals surface area contributed by atoms with Gasteiger partial charge in [-0.2, -0.15) is 0 Å². The number of aliphatic hydroxyl groups excluding tert-OH is 2. The standard InChI is InChI=1S/C14H22N2O3/c1-3-14(9-17,10-18)15-8-13(19)16-12-6-4-5-11(2)7-12/h4-7,15,17-18H,3,8-10H2,1-2H3,(H,16,19). The highest BCUT2D eigenvalue weighted by molar-refractivity contribution is 5.92. The summed E-state index contributed by atoms with van der Waals surface area (Å²) in [4.78, 5) is 11.8. The molecular weight excluding hydrogens is 244 g/mol. The van der Waals surface area contributed by atoms with Gasteiger partial charge in [0.05, 0.1) is 25.3 Å². The molecule has 1 amide bonds. The van der Waals surface area contributed by atoms with E-state index in [1.165, 1.54) is 0 Å². The lowest BCUT2D eigenvalue weighted by molar-refractivity contribution is -0.116. The van der Waals surface area contributed by atoms with E-state index < -0.39 is 5.54 Å². The molecule has 0 radical (unpaired) electrons. The number of benzene rings is 1. The number of rotatable bonds is 7. The number of nitrogens with one attached hydrogen (secondary N) is 2. The Morgan fingerprint density at radius 1 is 1.32 bits per heavy atom. The maximum absolute atomic E-state index is 11.8. The van der Waals surface area contributed by atoms with Crippen LogP contribution < -0.4 is 10.6 Å². The molecule has 0 aliphatic heterocycles. The molecule has 0 saturated heterocycles. The van der Waals surface area contributed by atoms with Crippen molar-refractivity contribution in [2.45, 2.75) is 25.8 Å². The first-order chi connectivity index (χ1) is 9.05. The van der Waals surface area contributed by atoms with Crippen molar-refractivity contribution in [3.8, 4) is 0 Å². The van der Waals surface area contributed by atoms with Crippen molar-refractivity contribution >= 4 is 11.6 Å². The zero-order valence-corrected chi connectivity index (χ0v) is 11.4. The van der Waals surface area contributed by atoms with E-state index in [9.17, 15) is 15.0 Å². The van der Waals surface area contributed by atoms with Crippen LogP contribution in [0.4, 0.5) is 5.69 Å². The van der Waals surface area contributed by atoms with Crippen molar-refractivity contribution in [2.75, 3.05) is 25.1 Å². The molecule has 0 unspecified atom stereocenters. The molecule has 1 aromatic rings. The van der Waals surface area contributed by atoms with Gasteiger partial charge in [0.15, 0.2) is 0 Å². The van der Waals surface area contributed by atoms with Crippen LogP contribution in [0.15, 0.2) is 24.3 Å². The van der Waals surface area contributed by atoms with Gasteiger partial charge in [0.1, 0.15) is 0 Å². The summed E-state index contributed by atoms with van der Waals surface area (Å²) < 4.78 is 0. The molecule has 0 heterocycles. The Morgan fingerprint density at radius 2 is 2.00 bits per heavy atom. The SMILES string of the molecule is CCC(CO)(CO)NCC(=O)Nc1cccc(C)c1. The molecule has 106 valence electrons. The molecule has 5 nitrogen and oxygen atoms in total. The van der Waals surface area contributed by atoms with Crippen LogP contribution in [0.3, 0.4) is 0 Å². The molecule has 0 aliphatic carbocycles. The van der Waals surface area contributed by atoms with Gasteiger partial charge < -0.3 is 15.5 Å². The number of carbonyl (C=O) groups excluding carboxylic acids is 1. The lowest BCUT2D eigenvalue weighted by Crippen LogP contribution is -2.53. The third-order valence-corrected chi connectivity index (χ3v) is 3.21. The second-order valence-corrected chi connectivity index (χ2v) is 4.72. The van der Waals surface area contributed by atoms with Crippen LogP contribution in [0.2, 0.25) is 0 Å². The molecule has 0 bridgehead atoms. The normalized spacial score (nSPS) is 11.4. The highest BCUT2D eigenvalue weighted by Crippen LogP contribution is 2.10. The van der Waals surface area contributed by atoms with Crippen LogP contribution in [-0.2, 0) is 4.79 Å². The van der Waals surface area contributed by atoms with E-state index in [1.54, 1.807) is 0 Å². The predicted molar refractivity (Wildman–Crippen MR) is 75.0 cm³/mol. The minimum absolute atomic E-state index is 0.0445. The first kappa shape index (κ1) is 15.6. The van der Waals surface area contributed by atoms with Gasteiger partial charge in [0, 0.05) is 5.69 Å². The molecule has 0 spiro atoms. The van der Waals surface area contributed by atoms with E-state index in [-0.39, 0.29) is 25.7 Å². The van der Waals surface area contributed by atoms with E-state index in [0.29, 0.717) is 6.42 Å². The van der Waals surface area contributed by atoms with Gasteiger partial charge in [-0.1, -0.05) is 19.1 Å². The number of amides is 1. The largest absolute Gasteiger partial charge is 0.394 e. The monoisotopic (exact) mass is 266 g/mol. The van der Waals surface area contributed by atoms with Gasteiger partial charge in [0.2, 0.25) is 5.91 Å². The Bertz CT molecular complexity index is 409. The Labute approximate surface area is 113 Å². The number of hydrogen-bond donors (Lipinski definition) is 4. The lowest BCUT2D eigenvalue weighted by atomic mass is 9.98. The molecule has 19 heavy (non-hydrogen) atoms. The Balaban J connectivity index is 2.52. The number of anilines is 1. The van der Waals surface area contributed by atoms with Gasteiger partial charge in [-0.3, -0.25) is 10.1 Å². The third-order valence-electron chi connectivity index (χ3n) is 3.21. The predicted octanol–water partition coefficient (Wildman–Crippen LogP) is 0.657. The second-order valence-electron chi connectivity index (χ2n) is 4.72. The first-order valence-electron chi connectivity index (χ1n) is 6.38. The molecule has 1 aromatic carbocycles. The van der Waals surface area contributed by atoms with Crippen molar-refractivity contribution in [1.82, 2.24) is 5.32 Å². The van der Waals surface area contributed by atoms with Crippen molar-refractivity contribution in [3.63, 3.8) is 0 Å². The lowest BCUT2D eigenvalue weighted by Gasteiger charge is -2.29. The summed E-state index contributed by atoms with van der Waals surface area (Å²) >= 11 is 0. The minimum Gasteiger partial charge on any atom is -0.394 e. The summed E-state index contributed by atoms with van der Waals surface area (Å²) in [5.74, 6) is -0.203. The summed E-state index contributed by atoms with van der Waals surface area (Å²) in [6.45, 7) is 3.42. The Hall–Kier alpha value is -1.43. The number of hydrogen-bond acceptors (Lipinski definition) is 4. The number of aliphatic hydroxyl groups is 2. The second kappa shape index (κ2) is 7.23. The molecule has 0 fully saturated rings. The molecule has 4 N–H and O–H groups in total. The summed E-state index contributed by atoms with van der Waals surface area (Å²) in [6, 6.07) is 7.52. The van der Waals surface area contributed by atoms with E-state index >= 15 is 0 Å². The molecule has 0 aromatic heterocycles. The van der Waals surface area contributed by atoms with Crippen LogP contribution >= 0.6 is 0 Å². The average Bonchev–Trinajstić information content (AvgIpc) is 2.41. The zero-order valence-electron chi connectivity index (χ0n) is 11.4. The topological polar surface area (TPSA) is 81.6 Å². The molecular formula is C14H22N2O3.